The van der Waals surface area contributed by atoms with E-state index in [1.807, 2.05) is 49.4 Å². The third kappa shape index (κ3) is 5.39. The van der Waals surface area contributed by atoms with E-state index >= 15 is 0 Å². The van der Waals surface area contributed by atoms with Crippen molar-refractivity contribution in [3.8, 4) is 0 Å². The van der Waals surface area contributed by atoms with Crippen molar-refractivity contribution in [1.29, 1.82) is 0 Å². The van der Waals surface area contributed by atoms with Crippen LogP contribution in [0.5, 0.6) is 0 Å². The number of halogens is 3. The highest BCUT2D eigenvalue weighted by molar-refractivity contribution is 6.36. The highest BCUT2D eigenvalue weighted by atomic mass is 35.5. The molecular formula is C21H23Cl3N2O. The lowest BCUT2D eigenvalue weighted by molar-refractivity contribution is -0.127. The Labute approximate surface area is 175 Å². The fourth-order valence-corrected chi connectivity index (χ4v) is 4.13. The molecule has 1 aliphatic heterocycles. The average Bonchev–Trinajstić information content (AvgIpc) is 2.65. The molecule has 0 aliphatic carbocycles. The van der Waals surface area contributed by atoms with E-state index in [9.17, 15) is 4.79 Å². The summed E-state index contributed by atoms with van der Waals surface area (Å²) in [7, 11) is 0. The molecular weight excluding hydrogens is 403 g/mol. The maximum atomic E-state index is 12.8. The quantitative estimate of drug-likeness (QED) is 0.663. The van der Waals surface area contributed by atoms with Gasteiger partial charge >= 0.3 is 0 Å². The number of hydrogen-bond acceptors (Lipinski definition) is 2. The second kappa shape index (κ2) is 9.29. The van der Waals surface area contributed by atoms with Crippen LogP contribution in [0.1, 0.15) is 36.9 Å². The number of carbonyl (C=O) groups excluding carboxylic acids is 1. The molecule has 0 aromatic heterocycles. The van der Waals surface area contributed by atoms with Gasteiger partial charge in [0.2, 0.25) is 5.91 Å². The lowest BCUT2D eigenvalue weighted by Crippen LogP contribution is -2.43. The zero-order valence-electron chi connectivity index (χ0n) is 15.2. The fraction of sp³-hybridized carbons (Fsp3) is 0.381. The van der Waals surface area contributed by atoms with Crippen molar-refractivity contribution in [2.24, 2.45) is 5.92 Å². The Morgan fingerprint density at radius 3 is 2.48 bits per heavy atom. The summed E-state index contributed by atoms with van der Waals surface area (Å²) in [5.74, 6) is 0.0576. The number of carbonyl (C=O) groups is 1. The number of likely N-dealkylation sites (tertiary alicyclic amines) is 1. The Morgan fingerprint density at radius 1 is 1.15 bits per heavy atom. The van der Waals surface area contributed by atoms with Gasteiger partial charge in [-0.2, -0.15) is 0 Å². The van der Waals surface area contributed by atoms with Crippen molar-refractivity contribution in [3.05, 3.63) is 68.7 Å². The lowest BCUT2D eigenvalue weighted by Gasteiger charge is -2.33. The average molecular weight is 426 g/mol. The van der Waals surface area contributed by atoms with Gasteiger partial charge in [-0.3, -0.25) is 9.69 Å². The van der Waals surface area contributed by atoms with Gasteiger partial charge < -0.3 is 5.32 Å². The molecule has 3 rings (SSSR count). The monoisotopic (exact) mass is 424 g/mol. The molecule has 1 heterocycles. The fourth-order valence-electron chi connectivity index (χ4n) is 3.49. The number of hydrogen-bond donors (Lipinski definition) is 1. The van der Waals surface area contributed by atoms with E-state index in [0.717, 1.165) is 30.5 Å². The van der Waals surface area contributed by atoms with E-state index in [1.165, 1.54) is 0 Å². The van der Waals surface area contributed by atoms with Crippen LogP contribution in [0.25, 0.3) is 0 Å². The van der Waals surface area contributed by atoms with Crippen LogP contribution in [-0.2, 0) is 11.3 Å². The molecule has 2 atom stereocenters. The summed E-state index contributed by atoms with van der Waals surface area (Å²) in [5.41, 5.74) is 1.97. The third-order valence-electron chi connectivity index (χ3n) is 5.05. The molecule has 1 N–H and O–H groups in total. The normalized spacial score (nSPS) is 18.9. The predicted octanol–water partition coefficient (Wildman–Crippen LogP) is 5.74. The summed E-state index contributed by atoms with van der Waals surface area (Å²) in [4.78, 5) is 15.0. The summed E-state index contributed by atoms with van der Waals surface area (Å²) >= 11 is 18.5. The first-order valence-electron chi connectivity index (χ1n) is 9.15. The minimum atomic E-state index is -0.0526. The number of nitrogens with one attached hydrogen (secondary N) is 1. The van der Waals surface area contributed by atoms with Gasteiger partial charge in [0.05, 0.1) is 12.0 Å². The van der Waals surface area contributed by atoms with E-state index < -0.39 is 0 Å². The third-order valence-corrected chi connectivity index (χ3v) is 6.01. The predicted molar refractivity (Wildman–Crippen MR) is 112 cm³/mol. The Kier molecular flexibility index (Phi) is 7.04. The molecule has 0 spiro atoms. The molecule has 6 heteroatoms. The van der Waals surface area contributed by atoms with Gasteiger partial charge in [0.25, 0.3) is 0 Å². The van der Waals surface area contributed by atoms with Gasteiger partial charge in [-0.15, -0.1) is 0 Å². The Hall–Kier alpha value is -1.26. The largest absolute Gasteiger partial charge is 0.349 e. The molecule has 0 radical (unpaired) electrons. The maximum Gasteiger partial charge on any atom is 0.224 e. The minimum absolute atomic E-state index is 0.0326. The van der Waals surface area contributed by atoms with E-state index in [4.69, 9.17) is 34.8 Å². The highest BCUT2D eigenvalue weighted by Gasteiger charge is 2.27. The van der Waals surface area contributed by atoms with Gasteiger partial charge in [-0.1, -0.05) is 53.0 Å². The van der Waals surface area contributed by atoms with Gasteiger partial charge in [-0.25, -0.2) is 0 Å². The van der Waals surface area contributed by atoms with Crippen LogP contribution >= 0.6 is 34.8 Å². The molecule has 3 nitrogen and oxygen atoms in total. The summed E-state index contributed by atoms with van der Waals surface area (Å²) < 4.78 is 0. The minimum Gasteiger partial charge on any atom is -0.349 e. The number of nitrogens with zero attached hydrogens (tertiary/aromatic N) is 1. The second-order valence-corrected chi connectivity index (χ2v) is 8.31. The van der Waals surface area contributed by atoms with Crippen LogP contribution in [-0.4, -0.2) is 23.9 Å². The first-order valence-corrected chi connectivity index (χ1v) is 10.3. The molecule has 27 heavy (non-hydrogen) atoms. The van der Waals surface area contributed by atoms with Crippen LogP contribution in [0.4, 0.5) is 0 Å². The van der Waals surface area contributed by atoms with E-state index in [0.29, 0.717) is 28.2 Å². The van der Waals surface area contributed by atoms with Gasteiger partial charge in [-0.05, 0) is 56.1 Å². The Morgan fingerprint density at radius 2 is 1.81 bits per heavy atom. The molecule has 1 amide bonds. The number of rotatable bonds is 5. The van der Waals surface area contributed by atoms with Gasteiger partial charge in [0.15, 0.2) is 0 Å². The topological polar surface area (TPSA) is 32.3 Å². The van der Waals surface area contributed by atoms with Crippen LogP contribution in [0.15, 0.2) is 42.5 Å². The van der Waals surface area contributed by atoms with Crippen LogP contribution in [0, 0.1) is 5.92 Å². The molecule has 0 bridgehead atoms. The zero-order valence-corrected chi connectivity index (χ0v) is 17.5. The van der Waals surface area contributed by atoms with Crippen molar-refractivity contribution in [2.75, 3.05) is 13.1 Å². The lowest BCUT2D eigenvalue weighted by atomic mass is 9.96. The Balaban J connectivity index is 1.60. The molecule has 0 saturated carbocycles. The molecule has 0 unspecified atom stereocenters. The summed E-state index contributed by atoms with van der Waals surface area (Å²) in [6, 6.07) is 13.1. The summed E-state index contributed by atoms with van der Waals surface area (Å²) in [5, 5.41) is 5.17. The van der Waals surface area contributed by atoms with E-state index in [2.05, 4.69) is 10.2 Å². The van der Waals surface area contributed by atoms with Gasteiger partial charge in [0, 0.05) is 33.7 Å². The molecule has 1 aliphatic rings. The van der Waals surface area contributed by atoms with Crippen LogP contribution in [0.2, 0.25) is 15.1 Å². The van der Waals surface area contributed by atoms with Crippen LogP contribution < -0.4 is 5.32 Å². The molecule has 2 aromatic rings. The first-order chi connectivity index (χ1) is 12.9. The van der Waals surface area contributed by atoms with Crippen molar-refractivity contribution in [2.45, 2.75) is 32.4 Å². The highest BCUT2D eigenvalue weighted by Crippen LogP contribution is 2.28. The van der Waals surface area contributed by atoms with Crippen molar-refractivity contribution in [3.63, 3.8) is 0 Å². The van der Waals surface area contributed by atoms with E-state index in [1.54, 1.807) is 0 Å². The number of piperidine rings is 1. The summed E-state index contributed by atoms with van der Waals surface area (Å²) in [6.07, 6.45) is 1.88. The molecule has 144 valence electrons. The van der Waals surface area contributed by atoms with Crippen molar-refractivity contribution < 1.29 is 4.79 Å². The standard InChI is InChI=1S/C21H23Cl3N2O/c1-14(15-7-9-17(22)10-8-15)25-21(27)16-4-3-11-26(12-16)13-18-19(23)5-2-6-20(18)24/h2,5-10,14,16H,3-4,11-13H2,1H3,(H,25,27)/t14-,16-/m0/s1. The maximum absolute atomic E-state index is 12.8. The smallest absolute Gasteiger partial charge is 0.224 e. The SMILES string of the molecule is C[C@H](NC(=O)[C@H]1CCCN(Cc2c(Cl)cccc2Cl)C1)c1ccc(Cl)cc1. The number of amides is 1. The second-order valence-electron chi connectivity index (χ2n) is 7.06. The molecule has 1 saturated heterocycles. The molecule has 2 aromatic carbocycles. The zero-order chi connectivity index (χ0) is 19.4. The van der Waals surface area contributed by atoms with Crippen molar-refractivity contribution >= 4 is 40.7 Å². The molecule has 1 fully saturated rings. The van der Waals surface area contributed by atoms with Crippen molar-refractivity contribution in [1.82, 2.24) is 10.2 Å². The Bertz CT molecular complexity index is 774. The first kappa shape index (κ1) is 20.5. The van der Waals surface area contributed by atoms with E-state index in [-0.39, 0.29) is 17.9 Å². The number of benzene rings is 2. The summed E-state index contributed by atoms with van der Waals surface area (Å²) in [6.45, 7) is 4.30. The van der Waals surface area contributed by atoms with Crippen LogP contribution in [0.3, 0.4) is 0 Å². The van der Waals surface area contributed by atoms with Gasteiger partial charge in [0.1, 0.15) is 0 Å².